The maximum Gasteiger partial charge on any atom is 0.319 e. The van der Waals surface area contributed by atoms with Crippen LogP contribution in [0, 0.1) is 5.41 Å². The Balaban J connectivity index is 0.00000176. The van der Waals surface area contributed by atoms with Gasteiger partial charge in [0.25, 0.3) is 0 Å². The van der Waals surface area contributed by atoms with E-state index in [9.17, 15) is 8.78 Å². The molecule has 5 nitrogen and oxygen atoms in total. The zero-order valence-electron chi connectivity index (χ0n) is 12.6. The molecule has 1 spiro atoms. The quantitative estimate of drug-likeness (QED) is 0.461. The number of halogens is 3. The van der Waals surface area contributed by atoms with Crippen molar-refractivity contribution in [2.75, 3.05) is 20.1 Å². The Morgan fingerprint density at radius 1 is 1.45 bits per heavy atom. The van der Waals surface area contributed by atoms with E-state index in [1.165, 1.54) is 38.1 Å². The van der Waals surface area contributed by atoms with Gasteiger partial charge < -0.3 is 10.2 Å². The molecule has 2 aliphatic rings. The summed E-state index contributed by atoms with van der Waals surface area (Å²) < 4.78 is 26.4. The average Bonchev–Trinajstić information content (AvgIpc) is 3.05. The second kappa shape index (κ2) is 7.10. The van der Waals surface area contributed by atoms with Crippen molar-refractivity contribution in [3.05, 3.63) is 18.2 Å². The number of hydrogen-bond donors (Lipinski definition) is 1. The predicted octanol–water partition coefficient (Wildman–Crippen LogP) is 2.85. The summed E-state index contributed by atoms with van der Waals surface area (Å²) >= 11 is 0. The van der Waals surface area contributed by atoms with Crippen LogP contribution in [-0.4, -0.2) is 40.5 Å². The summed E-state index contributed by atoms with van der Waals surface area (Å²) in [5, 5.41) is 3.15. The number of alkyl halides is 2. The molecular weight excluding hydrogens is 403 g/mol. The normalized spacial score (nSPS) is 20.2. The molecule has 1 aliphatic heterocycles. The number of nitrogens with zero attached hydrogens (tertiary/aromatic N) is 4. The number of guanidine groups is 1. The SMILES string of the molecule is CN=C(NCc1nccn1C(F)F)N1CCC2(CCC2)C1.I. The van der Waals surface area contributed by atoms with Crippen molar-refractivity contribution < 1.29 is 8.78 Å². The summed E-state index contributed by atoms with van der Waals surface area (Å²) in [7, 11) is 1.73. The van der Waals surface area contributed by atoms with Crippen molar-refractivity contribution in [3.8, 4) is 0 Å². The lowest BCUT2D eigenvalue weighted by molar-refractivity contribution is 0.0668. The maximum atomic E-state index is 12.8. The first-order chi connectivity index (χ1) is 10.1. The van der Waals surface area contributed by atoms with Gasteiger partial charge in [-0.25, -0.2) is 4.98 Å². The first-order valence-corrected chi connectivity index (χ1v) is 7.39. The molecule has 0 unspecified atom stereocenters. The predicted molar refractivity (Wildman–Crippen MR) is 91.6 cm³/mol. The molecule has 0 radical (unpaired) electrons. The van der Waals surface area contributed by atoms with Crippen molar-refractivity contribution in [1.29, 1.82) is 0 Å². The molecule has 1 aromatic rings. The van der Waals surface area contributed by atoms with Gasteiger partial charge in [-0.3, -0.25) is 9.56 Å². The Bertz CT molecular complexity index is 527. The average molecular weight is 425 g/mol. The molecule has 22 heavy (non-hydrogen) atoms. The summed E-state index contributed by atoms with van der Waals surface area (Å²) in [5.74, 6) is 1.10. The van der Waals surface area contributed by atoms with E-state index in [2.05, 4.69) is 20.2 Å². The molecule has 2 fully saturated rings. The van der Waals surface area contributed by atoms with Gasteiger partial charge in [0.1, 0.15) is 5.82 Å². The lowest BCUT2D eigenvalue weighted by Gasteiger charge is -2.38. The van der Waals surface area contributed by atoms with Crippen molar-refractivity contribution >= 4 is 29.9 Å². The maximum absolute atomic E-state index is 12.8. The van der Waals surface area contributed by atoms with Crippen LogP contribution >= 0.6 is 24.0 Å². The van der Waals surface area contributed by atoms with Crippen LogP contribution in [0.3, 0.4) is 0 Å². The van der Waals surface area contributed by atoms with Crippen molar-refractivity contribution in [1.82, 2.24) is 19.8 Å². The highest BCUT2D eigenvalue weighted by Crippen LogP contribution is 2.47. The molecule has 3 rings (SSSR count). The topological polar surface area (TPSA) is 45.5 Å². The van der Waals surface area contributed by atoms with Crippen LogP contribution < -0.4 is 5.32 Å². The molecular formula is C14H22F2IN5. The van der Waals surface area contributed by atoms with Gasteiger partial charge in [-0.05, 0) is 24.7 Å². The summed E-state index contributed by atoms with van der Waals surface area (Å²) in [4.78, 5) is 10.5. The van der Waals surface area contributed by atoms with Gasteiger partial charge in [0.15, 0.2) is 5.96 Å². The van der Waals surface area contributed by atoms with Crippen LogP contribution in [0.1, 0.15) is 38.1 Å². The molecule has 1 aliphatic carbocycles. The van der Waals surface area contributed by atoms with Crippen molar-refractivity contribution in [2.45, 2.75) is 38.8 Å². The largest absolute Gasteiger partial charge is 0.349 e. The molecule has 1 N–H and O–H groups in total. The highest BCUT2D eigenvalue weighted by molar-refractivity contribution is 14.0. The van der Waals surface area contributed by atoms with Gasteiger partial charge >= 0.3 is 6.55 Å². The van der Waals surface area contributed by atoms with E-state index in [0.29, 0.717) is 11.2 Å². The summed E-state index contributed by atoms with van der Waals surface area (Å²) in [6.07, 6.45) is 7.83. The smallest absolute Gasteiger partial charge is 0.319 e. The monoisotopic (exact) mass is 425 g/mol. The molecule has 8 heteroatoms. The molecule has 124 valence electrons. The van der Waals surface area contributed by atoms with Crippen LogP contribution in [0.5, 0.6) is 0 Å². The Kier molecular flexibility index (Phi) is 5.62. The highest BCUT2D eigenvalue weighted by atomic mass is 127. The second-order valence-corrected chi connectivity index (χ2v) is 5.95. The third-order valence-electron chi connectivity index (χ3n) is 4.73. The van der Waals surface area contributed by atoms with Crippen LogP contribution in [0.15, 0.2) is 17.4 Å². The lowest BCUT2D eigenvalue weighted by Crippen LogP contribution is -2.42. The Hall–Kier alpha value is -0.930. The summed E-state index contributed by atoms with van der Waals surface area (Å²) in [6.45, 7) is -0.289. The van der Waals surface area contributed by atoms with Crippen LogP contribution in [0.4, 0.5) is 8.78 Å². The molecule has 2 heterocycles. The standard InChI is InChI=1S/C14H21F2N5.HI/c1-17-13(20-7-5-14(10-20)3-2-4-14)19-9-11-18-6-8-21(11)12(15)16;/h6,8,12H,2-5,7,9-10H2,1H3,(H,17,19);1H. The van der Waals surface area contributed by atoms with Gasteiger partial charge in [-0.15, -0.1) is 24.0 Å². The minimum absolute atomic E-state index is 0. The lowest BCUT2D eigenvalue weighted by atomic mass is 9.68. The minimum atomic E-state index is -2.56. The molecule has 0 bridgehead atoms. The Morgan fingerprint density at radius 2 is 2.23 bits per heavy atom. The van der Waals surface area contributed by atoms with Crippen molar-refractivity contribution in [2.24, 2.45) is 10.4 Å². The van der Waals surface area contributed by atoms with Crippen molar-refractivity contribution in [3.63, 3.8) is 0 Å². The van der Waals surface area contributed by atoms with E-state index < -0.39 is 6.55 Å². The second-order valence-electron chi connectivity index (χ2n) is 5.95. The minimum Gasteiger partial charge on any atom is -0.349 e. The molecule has 0 amide bonds. The van der Waals surface area contributed by atoms with Gasteiger partial charge in [0, 0.05) is 32.5 Å². The van der Waals surface area contributed by atoms with Crippen LogP contribution in [-0.2, 0) is 6.54 Å². The number of hydrogen-bond acceptors (Lipinski definition) is 2. The Labute approximate surface area is 146 Å². The number of imidazole rings is 1. The number of aromatic nitrogens is 2. The zero-order valence-corrected chi connectivity index (χ0v) is 15.0. The van der Waals surface area contributed by atoms with E-state index in [1.807, 2.05) is 0 Å². The van der Waals surface area contributed by atoms with E-state index >= 15 is 0 Å². The fourth-order valence-electron chi connectivity index (χ4n) is 3.35. The van der Waals surface area contributed by atoms with Gasteiger partial charge in [0.2, 0.25) is 0 Å². The first-order valence-electron chi connectivity index (χ1n) is 7.39. The third-order valence-corrected chi connectivity index (χ3v) is 4.73. The third kappa shape index (κ3) is 3.36. The number of rotatable bonds is 3. The molecule has 1 saturated carbocycles. The highest BCUT2D eigenvalue weighted by Gasteiger charge is 2.43. The van der Waals surface area contributed by atoms with Crippen LogP contribution in [0.25, 0.3) is 0 Å². The molecule has 0 aromatic carbocycles. The molecule has 1 saturated heterocycles. The van der Waals surface area contributed by atoms with Gasteiger partial charge in [0.05, 0.1) is 6.54 Å². The van der Waals surface area contributed by atoms with Gasteiger partial charge in [-0.2, -0.15) is 8.78 Å². The van der Waals surface area contributed by atoms with Crippen LogP contribution in [0.2, 0.25) is 0 Å². The van der Waals surface area contributed by atoms with E-state index in [0.717, 1.165) is 23.6 Å². The van der Waals surface area contributed by atoms with E-state index in [1.54, 1.807) is 7.05 Å². The fraction of sp³-hybridized carbons (Fsp3) is 0.714. The summed E-state index contributed by atoms with van der Waals surface area (Å²) in [6, 6.07) is 0. The van der Waals surface area contributed by atoms with E-state index in [-0.39, 0.29) is 30.5 Å². The molecule has 1 aromatic heterocycles. The van der Waals surface area contributed by atoms with Gasteiger partial charge in [-0.1, -0.05) is 6.42 Å². The number of nitrogens with one attached hydrogen (secondary N) is 1. The van der Waals surface area contributed by atoms with E-state index in [4.69, 9.17) is 0 Å². The number of aliphatic imine (C=N–C) groups is 1. The first kappa shape index (κ1) is 17.4. The number of likely N-dealkylation sites (tertiary alicyclic amines) is 1. The Morgan fingerprint density at radius 3 is 2.77 bits per heavy atom. The fourth-order valence-corrected chi connectivity index (χ4v) is 3.35. The molecule has 0 atom stereocenters. The zero-order chi connectivity index (χ0) is 14.9. The summed E-state index contributed by atoms with van der Waals surface area (Å²) in [5.41, 5.74) is 0.485.